The van der Waals surface area contributed by atoms with Crippen LogP contribution >= 0.6 is 23.5 Å². The second-order valence-corrected chi connectivity index (χ2v) is 6.10. The Labute approximate surface area is 103 Å². The average molecular weight is 252 g/mol. The van der Waals surface area contributed by atoms with Gasteiger partial charge in [0.05, 0.1) is 0 Å². The Balaban J connectivity index is 2.58. The number of rotatable bonds is 2. The summed E-state index contributed by atoms with van der Waals surface area (Å²) in [5.74, 6) is 0.140. The van der Waals surface area contributed by atoms with Gasteiger partial charge in [0, 0.05) is 17.5 Å². The highest BCUT2D eigenvalue weighted by atomic mass is 32.2. The maximum Gasteiger partial charge on any atom is 0.190 e. The molecule has 4 heteroatoms. The third kappa shape index (κ3) is 1.60. The van der Waals surface area contributed by atoms with Crippen LogP contribution in [0.4, 0.5) is 0 Å². The van der Waals surface area contributed by atoms with Crippen molar-refractivity contribution in [1.29, 1.82) is 0 Å². The Kier molecular flexibility index (Phi) is 3.13. The first kappa shape index (κ1) is 11.7. The van der Waals surface area contributed by atoms with Crippen LogP contribution in [-0.4, -0.2) is 28.2 Å². The molecule has 0 unspecified atom stereocenters. The summed E-state index contributed by atoms with van der Waals surface area (Å²) in [4.78, 5) is 24.3. The molecule has 0 atom stereocenters. The second kappa shape index (κ2) is 4.26. The van der Waals surface area contributed by atoms with Gasteiger partial charge in [-0.15, -0.1) is 23.5 Å². The van der Waals surface area contributed by atoms with Crippen molar-refractivity contribution in [3.05, 3.63) is 35.4 Å². The number of thioether (sulfide) groups is 2. The fourth-order valence-corrected chi connectivity index (χ4v) is 3.74. The van der Waals surface area contributed by atoms with E-state index in [1.807, 2.05) is 12.5 Å². The standard InChI is InChI=1S/C12H12O2S2/c1-15-12(16-2)7-10(13)8-5-3-4-6-9(8)11(12)14/h3-6H,7H2,1-2H3. The molecular weight excluding hydrogens is 240 g/mol. The molecule has 0 spiro atoms. The largest absolute Gasteiger partial charge is 0.294 e. The van der Waals surface area contributed by atoms with Gasteiger partial charge >= 0.3 is 0 Å². The number of Topliss-reactive ketones (excluding diaryl/α,β-unsaturated/α-hetero) is 2. The van der Waals surface area contributed by atoms with Crippen molar-refractivity contribution in [1.82, 2.24) is 0 Å². The van der Waals surface area contributed by atoms with Gasteiger partial charge in [-0.05, 0) is 12.5 Å². The monoisotopic (exact) mass is 252 g/mol. The van der Waals surface area contributed by atoms with Crippen LogP contribution in [-0.2, 0) is 0 Å². The minimum atomic E-state index is -0.620. The van der Waals surface area contributed by atoms with Crippen molar-refractivity contribution in [2.45, 2.75) is 10.5 Å². The van der Waals surface area contributed by atoms with E-state index < -0.39 is 4.08 Å². The van der Waals surface area contributed by atoms with E-state index in [1.165, 1.54) is 23.5 Å². The van der Waals surface area contributed by atoms with Gasteiger partial charge in [-0.2, -0.15) is 0 Å². The van der Waals surface area contributed by atoms with E-state index in [2.05, 4.69) is 0 Å². The van der Waals surface area contributed by atoms with Crippen LogP contribution in [0, 0.1) is 0 Å². The molecule has 0 heterocycles. The molecule has 0 aliphatic heterocycles. The fraction of sp³-hybridized carbons (Fsp3) is 0.333. The van der Waals surface area contributed by atoms with Gasteiger partial charge in [0.1, 0.15) is 4.08 Å². The van der Waals surface area contributed by atoms with Crippen LogP contribution in [0.3, 0.4) is 0 Å². The van der Waals surface area contributed by atoms with Crippen LogP contribution in [0.25, 0.3) is 0 Å². The first-order chi connectivity index (χ1) is 7.64. The second-order valence-electron chi connectivity index (χ2n) is 3.64. The molecule has 1 aliphatic carbocycles. The SMILES string of the molecule is CSC1(SC)CC(=O)c2ccccc2C1=O. The molecule has 0 N–H and O–H groups in total. The highest BCUT2D eigenvalue weighted by Gasteiger charge is 2.44. The van der Waals surface area contributed by atoms with Crippen LogP contribution < -0.4 is 0 Å². The molecule has 2 rings (SSSR count). The highest BCUT2D eigenvalue weighted by Crippen LogP contribution is 2.44. The number of ketones is 2. The predicted octanol–water partition coefficient (Wildman–Crippen LogP) is 2.88. The Morgan fingerprint density at radius 1 is 1.06 bits per heavy atom. The summed E-state index contributed by atoms with van der Waals surface area (Å²) in [6.07, 6.45) is 4.07. The van der Waals surface area contributed by atoms with E-state index >= 15 is 0 Å². The number of benzene rings is 1. The maximum absolute atomic E-state index is 12.4. The Morgan fingerprint density at radius 2 is 1.62 bits per heavy atom. The molecule has 0 radical (unpaired) electrons. The third-order valence-electron chi connectivity index (χ3n) is 2.87. The average Bonchev–Trinajstić information content (AvgIpc) is 2.34. The van der Waals surface area contributed by atoms with Crippen molar-refractivity contribution in [2.24, 2.45) is 0 Å². The van der Waals surface area contributed by atoms with Crippen molar-refractivity contribution in [3.63, 3.8) is 0 Å². The predicted molar refractivity (Wildman–Crippen MR) is 69.5 cm³/mol. The molecule has 0 saturated heterocycles. The first-order valence-electron chi connectivity index (χ1n) is 4.92. The van der Waals surface area contributed by atoms with Gasteiger partial charge in [-0.1, -0.05) is 24.3 Å². The van der Waals surface area contributed by atoms with Crippen molar-refractivity contribution < 1.29 is 9.59 Å². The van der Waals surface area contributed by atoms with Gasteiger partial charge < -0.3 is 0 Å². The molecule has 0 fully saturated rings. The summed E-state index contributed by atoms with van der Waals surface area (Å²) in [5.41, 5.74) is 1.15. The fourth-order valence-electron chi connectivity index (χ4n) is 1.93. The molecular formula is C12H12O2S2. The molecule has 1 aromatic carbocycles. The molecule has 1 aliphatic rings. The van der Waals surface area contributed by atoms with Crippen molar-refractivity contribution >= 4 is 35.1 Å². The van der Waals surface area contributed by atoms with Crippen LogP contribution in [0.1, 0.15) is 27.1 Å². The normalized spacial score (nSPS) is 18.4. The molecule has 84 valence electrons. The van der Waals surface area contributed by atoms with E-state index in [0.717, 1.165) is 0 Å². The highest BCUT2D eigenvalue weighted by molar-refractivity contribution is 8.18. The summed E-state index contributed by atoms with van der Waals surface area (Å²) in [6, 6.07) is 7.09. The van der Waals surface area contributed by atoms with Crippen LogP contribution in [0.15, 0.2) is 24.3 Å². The maximum atomic E-state index is 12.4. The zero-order chi connectivity index (χ0) is 11.8. The summed E-state index contributed by atoms with van der Waals surface area (Å²) in [7, 11) is 0. The molecule has 2 nitrogen and oxygen atoms in total. The van der Waals surface area contributed by atoms with Gasteiger partial charge in [0.25, 0.3) is 0 Å². The minimum absolute atomic E-state index is 0.0684. The topological polar surface area (TPSA) is 34.1 Å². The lowest BCUT2D eigenvalue weighted by atomic mass is 9.89. The Hall–Kier alpha value is -0.740. The van der Waals surface area contributed by atoms with Crippen LogP contribution in [0.2, 0.25) is 0 Å². The number of carbonyl (C=O) groups is 2. The Bertz CT molecular complexity index is 450. The zero-order valence-electron chi connectivity index (χ0n) is 9.15. The smallest absolute Gasteiger partial charge is 0.190 e. The molecule has 0 amide bonds. The van der Waals surface area contributed by atoms with E-state index in [4.69, 9.17) is 0 Å². The number of hydrogen-bond donors (Lipinski definition) is 0. The first-order valence-corrected chi connectivity index (χ1v) is 7.37. The Morgan fingerprint density at radius 3 is 2.19 bits per heavy atom. The zero-order valence-corrected chi connectivity index (χ0v) is 10.8. The number of hydrogen-bond acceptors (Lipinski definition) is 4. The van der Waals surface area contributed by atoms with Gasteiger partial charge in [-0.3, -0.25) is 9.59 Å². The third-order valence-corrected chi connectivity index (χ3v) is 5.85. The summed E-state index contributed by atoms with van der Waals surface area (Å²) < 4.78 is -0.620. The lowest BCUT2D eigenvalue weighted by molar-refractivity contribution is 0.0886. The van der Waals surface area contributed by atoms with Crippen molar-refractivity contribution in [2.75, 3.05) is 12.5 Å². The van der Waals surface area contributed by atoms with Crippen molar-refractivity contribution in [3.8, 4) is 0 Å². The van der Waals surface area contributed by atoms with E-state index in [0.29, 0.717) is 17.5 Å². The summed E-state index contributed by atoms with van der Waals surface area (Å²) in [6.45, 7) is 0. The quantitative estimate of drug-likeness (QED) is 0.758. The minimum Gasteiger partial charge on any atom is -0.294 e. The van der Waals surface area contributed by atoms with E-state index in [9.17, 15) is 9.59 Å². The van der Waals surface area contributed by atoms with Gasteiger partial charge in [-0.25, -0.2) is 0 Å². The number of carbonyl (C=O) groups excluding carboxylic acids is 2. The number of fused-ring (bicyclic) bond motifs is 1. The van der Waals surface area contributed by atoms with Gasteiger partial charge in [0.15, 0.2) is 11.6 Å². The summed E-state index contributed by atoms with van der Waals surface area (Å²) >= 11 is 2.92. The molecule has 0 aromatic heterocycles. The lowest BCUT2D eigenvalue weighted by Crippen LogP contribution is -2.39. The molecule has 0 saturated carbocycles. The molecule has 16 heavy (non-hydrogen) atoms. The molecule has 0 bridgehead atoms. The van der Waals surface area contributed by atoms with Crippen LogP contribution in [0.5, 0.6) is 0 Å². The lowest BCUT2D eigenvalue weighted by Gasteiger charge is -2.32. The summed E-state index contributed by atoms with van der Waals surface area (Å²) in [5, 5.41) is 0. The van der Waals surface area contributed by atoms with E-state index in [-0.39, 0.29) is 11.6 Å². The van der Waals surface area contributed by atoms with E-state index in [1.54, 1.807) is 24.3 Å². The molecule has 1 aromatic rings. The van der Waals surface area contributed by atoms with Gasteiger partial charge in [0.2, 0.25) is 0 Å².